The predicted octanol–water partition coefficient (Wildman–Crippen LogP) is -0.0133. The number of benzene rings is 1. The Hall–Kier alpha value is -1.44. The molecule has 0 spiro atoms. The predicted molar refractivity (Wildman–Crippen MR) is 68.6 cm³/mol. The van der Waals surface area contributed by atoms with Gasteiger partial charge in [0, 0.05) is 6.54 Å². The van der Waals surface area contributed by atoms with E-state index in [0.29, 0.717) is 19.8 Å². The third-order valence-electron chi connectivity index (χ3n) is 3.09. The molecule has 1 aliphatic rings. The van der Waals surface area contributed by atoms with Gasteiger partial charge in [-0.1, -0.05) is 12.1 Å². The van der Waals surface area contributed by atoms with Gasteiger partial charge in [0.05, 0.1) is 23.5 Å². The zero-order valence-corrected chi connectivity index (χ0v) is 11.4. The van der Waals surface area contributed by atoms with Gasteiger partial charge in [-0.2, -0.15) is 0 Å². The maximum Gasteiger partial charge on any atom is 0.238 e. The smallest absolute Gasteiger partial charge is 0.238 e. The van der Waals surface area contributed by atoms with Crippen molar-refractivity contribution >= 4 is 15.9 Å². The van der Waals surface area contributed by atoms with Gasteiger partial charge in [-0.3, -0.25) is 4.79 Å². The minimum absolute atomic E-state index is 0.0573. The second-order valence-electron chi connectivity index (χ2n) is 4.93. The van der Waals surface area contributed by atoms with Gasteiger partial charge in [0.15, 0.2) is 0 Å². The maximum atomic E-state index is 11.8. The van der Waals surface area contributed by atoms with Crippen LogP contribution in [-0.4, -0.2) is 27.5 Å². The molecule has 19 heavy (non-hydrogen) atoms. The molecular formula is C12H16N2O4S. The van der Waals surface area contributed by atoms with Crippen molar-refractivity contribution in [1.82, 2.24) is 5.32 Å². The molecule has 0 saturated carbocycles. The van der Waals surface area contributed by atoms with Crippen LogP contribution in [0.5, 0.6) is 0 Å². The molecule has 6 nitrogen and oxygen atoms in total. The van der Waals surface area contributed by atoms with E-state index in [4.69, 9.17) is 9.88 Å². The van der Waals surface area contributed by atoms with Crippen LogP contribution < -0.4 is 10.5 Å². The summed E-state index contributed by atoms with van der Waals surface area (Å²) in [5.41, 5.74) is 0.366. The highest BCUT2D eigenvalue weighted by molar-refractivity contribution is 7.89. The lowest BCUT2D eigenvalue weighted by atomic mass is 9.87. The van der Waals surface area contributed by atoms with Crippen molar-refractivity contribution in [2.75, 3.05) is 13.2 Å². The third kappa shape index (κ3) is 3.12. The second kappa shape index (κ2) is 4.92. The van der Waals surface area contributed by atoms with Crippen LogP contribution in [0.4, 0.5) is 0 Å². The van der Waals surface area contributed by atoms with Crippen LogP contribution in [0.3, 0.4) is 0 Å². The first-order valence-electron chi connectivity index (χ1n) is 5.79. The molecule has 0 bridgehead atoms. The number of carbonyl (C=O) groups is 1. The fourth-order valence-corrected chi connectivity index (χ4v) is 2.25. The van der Waals surface area contributed by atoms with E-state index in [-0.39, 0.29) is 10.8 Å². The molecule has 0 unspecified atom stereocenters. The first-order chi connectivity index (χ1) is 8.81. The molecule has 104 valence electrons. The number of hydrogen-bond donors (Lipinski definition) is 2. The van der Waals surface area contributed by atoms with Gasteiger partial charge in [0.1, 0.15) is 0 Å². The summed E-state index contributed by atoms with van der Waals surface area (Å²) in [6, 6.07) is 6.09. The molecule has 1 heterocycles. The average Bonchev–Trinajstić information content (AvgIpc) is 2.32. The minimum atomic E-state index is -3.67. The van der Waals surface area contributed by atoms with Gasteiger partial charge in [-0.25, -0.2) is 13.6 Å². The molecule has 2 rings (SSSR count). The summed E-state index contributed by atoms with van der Waals surface area (Å²) in [6.45, 7) is 3.06. The van der Waals surface area contributed by atoms with Gasteiger partial charge >= 0.3 is 0 Å². The Morgan fingerprint density at radius 1 is 1.37 bits per heavy atom. The topological polar surface area (TPSA) is 98.5 Å². The van der Waals surface area contributed by atoms with Crippen LogP contribution in [-0.2, 0) is 26.1 Å². The molecule has 7 heteroatoms. The summed E-state index contributed by atoms with van der Waals surface area (Å²) in [7, 11) is -3.67. The fraction of sp³-hybridized carbons (Fsp3) is 0.417. The summed E-state index contributed by atoms with van der Waals surface area (Å²) in [5, 5.41) is 7.80. The summed E-state index contributed by atoms with van der Waals surface area (Å²) < 4.78 is 27.2. The Kier molecular flexibility index (Phi) is 3.62. The number of sulfonamides is 1. The summed E-state index contributed by atoms with van der Waals surface area (Å²) in [5.74, 6) is -0.0609. The molecular weight excluding hydrogens is 268 g/mol. The van der Waals surface area contributed by atoms with Crippen molar-refractivity contribution in [3.8, 4) is 0 Å². The van der Waals surface area contributed by atoms with Crippen molar-refractivity contribution in [3.63, 3.8) is 0 Å². The maximum absolute atomic E-state index is 11.8. The Balaban J connectivity index is 1.95. The highest BCUT2D eigenvalue weighted by Crippen LogP contribution is 2.26. The largest absolute Gasteiger partial charge is 0.379 e. The van der Waals surface area contributed by atoms with Gasteiger partial charge in [-0.05, 0) is 24.6 Å². The van der Waals surface area contributed by atoms with E-state index >= 15 is 0 Å². The molecule has 1 aromatic carbocycles. The number of amides is 1. The SMILES string of the molecule is CC1(C(=O)NCc2ccc(S(N)(=O)=O)cc2)COC1. The van der Waals surface area contributed by atoms with Crippen LogP contribution in [0.25, 0.3) is 0 Å². The third-order valence-corrected chi connectivity index (χ3v) is 4.02. The van der Waals surface area contributed by atoms with E-state index in [0.717, 1.165) is 5.56 Å². The number of carbonyl (C=O) groups excluding carboxylic acids is 1. The fourth-order valence-electron chi connectivity index (χ4n) is 1.73. The van der Waals surface area contributed by atoms with Gasteiger partial charge < -0.3 is 10.1 Å². The normalized spacial score (nSPS) is 17.6. The highest BCUT2D eigenvalue weighted by Gasteiger charge is 2.40. The van der Waals surface area contributed by atoms with Crippen LogP contribution in [0.15, 0.2) is 29.2 Å². The quantitative estimate of drug-likeness (QED) is 0.812. The molecule has 0 aromatic heterocycles. The van der Waals surface area contributed by atoms with Gasteiger partial charge in [0.2, 0.25) is 15.9 Å². The van der Waals surface area contributed by atoms with Crippen molar-refractivity contribution in [3.05, 3.63) is 29.8 Å². The summed E-state index contributed by atoms with van der Waals surface area (Å²) >= 11 is 0. The van der Waals surface area contributed by atoms with E-state index in [9.17, 15) is 13.2 Å². The Labute approximate surface area is 112 Å². The molecule has 1 aliphatic heterocycles. The first-order valence-corrected chi connectivity index (χ1v) is 7.34. The van der Waals surface area contributed by atoms with E-state index < -0.39 is 15.4 Å². The molecule has 1 aromatic rings. The molecule has 1 saturated heterocycles. The van der Waals surface area contributed by atoms with Crippen LogP contribution >= 0.6 is 0 Å². The lowest BCUT2D eigenvalue weighted by molar-refractivity contribution is -0.157. The lowest BCUT2D eigenvalue weighted by Crippen LogP contribution is -2.51. The van der Waals surface area contributed by atoms with Gasteiger partial charge in [0.25, 0.3) is 0 Å². The number of nitrogens with two attached hydrogens (primary N) is 1. The van der Waals surface area contributed by atoms with Crippen molar-refractivity contribution < 1.29 is 17.9 Å². The second-order valence-corrected chi connectivity index (χ2v) is 6.49. The number of hydrogen-bond acceptors (Lipinski definition) is 4. The van der Waals surface area contributed by atoms with Crippen molar-refractivity contribution in [2.24, 2.45) is 10.6 Å². The van der Waals surface area contributed by atoms with E-state index in [1.807, 2.05) is 6.92 Å². The number of ether oxygens (including phenoxy) is 1. The highest BCUT2D eigenvalue weighted by atomic mass is 32.2. The van der Waals surface area contributed by atoms with Crippen molar-refractivity contribution in [1.29, 1.82) is 0 Å². The molecule has 0 atom stereocenters. The van der Waals surface area contributed by atoms with E-state index in [1.54, 1.807) is 12.1 Å². The molecule has 0 radical (unpaired) electrons. The van der Waals surface area contributed by atoms with Crippen LogP contribution in [0, 0.1) is 5.41 Å². The van der Waals surface area contributed by atoms with Gasteiger partial charge in [-0.15, -0.1) is 0 Å². The average molecular weight is 284 g/mol. The zero-order valence-electron chi connectivity index (χ0n) is 10.5. The molecule has 3 N–H and O–H groups in total. The minimum Gasteiger partial charge on any atom is -0.379 e. The van der Waals surface area contributed by atoms with E-state index in [2.05, 4.69) is 5.32 Å². The zero-order chi connectivity index (χ0) is 14.1. The van der Waals surface area contributed by atoms with Crippen molar-refractivity contribution in [2.45, 2.75) is 18.4 Å². The monoisotopic (exact) mass is 284 g/mol. The lowest BCUT2D eigenvalue weighted by Gasteiger charge is -2.36. The Morgan fingerprint density at radius 2 is 1.95 bits per heavy atom. The Morgan fingerprint density at radius 3 is 2.37 bits per heavy atom. The van der Waals surface area contributed by atoms with E-state index in [1.165, 1.54) is 12.1 Å². The Bertz CT molecular complexity index is 576. The van der Waals surface area contributed by atoms with Crippen LogP contribution in [0.2, 0.25) is 0 Å². The molecule has 1 fully saturated rings. The molecule has 1 amide bonds. The first kappa shape index (κ1) is 14.0. The number of nitrogens with one attached hydrogen (secondary N) is 1. The number of primary sulfonamides is 1. The van der Waals surface area contributed by atoms with Crippen LogP contribution in [0.1, 0.15) is 12.5 Å². The number of rotatable bonds is 4. The molecule has 0 aliphatic carbocycles. The summed E-state index contributed by atoms with van der Waals surface area (Å²) in [4.78, 5) is 11.9. The summed E-state index contributed by atoms with van der Waals surface area (Å²) in [6.07, 6.45) is 0. The standard InChI is InChI=1S/C12H16N2O4S/c1-12(7-18-8-12)11(15)14-6-9-2-4-10(5-3-9)19(13,16)17/h2-5H,6-8H2,1H3,(H,14,15)(H2,13,16,17).